The summed E-state index contributed by atoms with van der Waals surface area (Å²) in [5, 5.41) is 0. The fraction of sp³-hybridized carbons (Fsp3) is 0.200. The normalized spacial score (nSPS) is 10.0. The molecule has 3 rings (SSSR count). The first-order valence-corrected chi connectivity index (χ1v) is 7.83. The zero-order valence-corrected chi connectivity index (χ0v) is 14.6. The van der Waals surface area contributed by atoms with Gasteiger partial charge in [0, 0.05) is 24.7 Å². The van der Waals surface area contributed by atoms with Crippen LogP contribution in [0.5, 0.6) is 11.5 Å². The third-order valence-corrected chi connectivity index (χ3v) is 3.83. The summed E-state index contributed by atoms with van der Waals surface area (Å²) in [6.45, 7) is 0. The lowest BCUT2D eigenvalue weighted by molar-refractivity contribution is 0.414. The van der Waals surface area contributed by atoms with E-state index in [1.807, 2.05) is 48.7 Å². The van der Waals surface area contributed by atoms with Crippen LogP contribution in [0.15, 0.2) is 60.8 Å². The summed E-state index contributed by atoms with van der Waals surface area (Å²) in [7, 11) is 3.34. The molecule has 25 heavy (non-hydrogen) atoms. The Hall–Kier alpha value is -2.92. The SMILES string of the molecule is COc1ccc(Cc2ccnc(Cc3ccc(OC)cc3)n2)cc1.N. The number of benzene rings is 2. The molecule has 3 aromatic rings. The molecule has 0 aliphatic carbocycles. The lowest BCUT2D eigenvalue weighted by atomic mass is 10.1. The van der Waals surface area contributed by atoms with Crippen molar-refractivity contribution in [1.82, 2.24) is 16.1 Å². The molecule has 0 aliphatic rings. The van der Waals surface area contributed by atoms with E-state index in [2.05, 4.69) is 22.1 Å². The Balaban J connectivity index is 0.00000225. The van der Waals surface area contributed by atoms with Crippen LogP contribution in [0.25, 0.3) is 0 Å². The van der Waals surface area contributed by atoms with Crippen molar-refractivity contribution >= 4 is 0 Å². The van der Waals surface area contributed by atoms with Crippen molar-refractivity contribution in [3.8, 4) is 11.5 Å². The van der Waals surface area contributed by atoms with E-state index >= 15 is 0 Å². The Morgan fingerprint density at radius 2 is 1.24 bits per heavy atom. The maximum atomic E-state index is 5.19. The molecule has 0 unspecified atom stereocenters. The van der Waals surface area contributed by atoms with Gasteiger partial charge in [-0.2, -0.15) is 0 Å². The number of methoxy groups -OCH3 is 2. The second-order valence-electron chi connectivity index (χ2n) is 5.51. The third-order valence-electron chi connectivity index (χ3n) is 3.83. The van der Waals surface area contributed by atoms with Crippen molar-refractivity contribution < 1.29 is 9.47 Å². The van der Waals surface area contributed by atoms with Crippen molar-refractivity contribution in [1.29, 1.82) is 0 Å². The fourth-order valence-electron chi connectivity index (χ4n) is 2.50. The molecule has 0 saturated heterocycles. The maximum absolute atomic E-state index is 5.19. The number of rotatable bonds is 6. The predicted octanol–water partition coefficient (Wildman–Crippen LogP) is 3.84. The van der Waals surface area contributed by atoms with Crippen LogP contribution in [0.4, 0.5) is 0 Å². The average molecular weight is 337 g/mol. The van der Waals surface area contributed by atoms with Crippen LogP contribution in [-0.4, -0.2) is 24.2 Å². The Morgan fingerprint density at radius 1 is 0.720 bits per heavy atom. The molecule has 0 saturated carbocycles. The molecule has 0 fully saturated rings. The molecule has 0 spiro atoms. The van der Waals surface area contributed by atoms with Crippen molar-refractivity contribution in [3.63, 3.8) is 0 Å². The first-order valence-electron chi connectivity index (χ1n) is 7.83. The lowest BCUT2D eigenvalue weighted by Gasteiger charge is -2.06. The van der Waals surface area contributed by atoms with Gasteiger partial charge < -0.3 is 15.6 Å². The molecule has 0 radical (unpaired) electrons. The Labute approximate surface area is 148 Å². The zero-order valence-electron chi connectivity index (χ0n) is 14.6. The van der Waals surface area contributed by atoms with Crippen LogP contribution in [0.2, 0.25) is 0 Å². The molecule has 1 heterocycles. The summed E-state index contributed by atoms with van der Waals surface area (Å²) in [6, 6.07) is 18.0. The van der Waals surface area contributed by atoms with Gasteiger partial charge in [-0.3, -0.25) is 0 Å². The van der Waals surface area contributed by atoms with E-state index in [9.17, 15) is 0 Å². The first-order chi connectivity index (χ1) is 11.8. The standard InChI is InChI=1S/C20H20N2O2.H3N/c1-23-18-7-3-15(4-8-18)13-17-11-12-21-20(22-17)14-16-5-9-19(24-2)10-6-16;/h3-12H,13-14H2,1-2H3;1H3. The largest absolute Gasteiger partial charge is 0.497 e. The van der Waals surface area contributed by atoms with Crippen molar-refractivity contribution in [3.05, 3.63) is 83.4 Å². The molecule has 130 valence electrons. The monoisotopic (exact) mass is 337 g/mol. The number of aromatic nitrogens is 2. The van der Waals surface area contributed by atoms with E-state index in [4.69, 9.17) is 9.47 Å². The van der Waals surface area contributed by atoms with Gasteiger partial charge in [-0.25, -0.2) is 9.97 Å². The highest BCUT2D eigenvalue weighted by Gasteiger charge is 2.04. The topological polar surface area (TPSA) is 79.2 Å². The number of hydrogen-bond acceptors (Lipinski definition) is 5. The lowest BCUT2D eigenvalue weighted by Crippen LogP contribution is -2.01. The Bertz CT molecular complexity index is 722. The van der Waals surface area contributed by atoms with E-state index in [-0.39, 0.29) is 6.15 Å². The van der Waals surface area contributed by atoms with Gasteiger partial charge in [0.05, 0.1) is 14.2 Å². The summed E-state index contributed by atoms with van der Waals surface area (Å²) in [5.74, 6) is 2.54. The van der Waals surface area contributed by atoms with E-state index in [1.165, 1.54) is 5.56 Å². The molecule has 0 bridgehead atoms. The smallest absolute Gasteiger partial charge is 0.132 e. The highest BCUT2D eigenvalue weighted by atomic mass is 16.5. The summed E-state index contributed by atoms with van der Waals surface area (Å²) < 4.78 is 10.4. The van der Waals surface area contributed by atoms with E-state index < -0.39 is 0 Å². The summed E-state index contributed by atoms with van der Waals surface area (Å²) >= 11 is 0. The van der Waals surface area contributed by atoms with Gasteiger partial charge in [0.1, 0.15) is 17.3 Å². The molecule has 0 aliphatic heterocycles. The Kier molecular flexibility index (Phi) is 6.48. The molecular formula is C20H23N3O2. The van der Waals surface area contributed by atoms with Crippen LogP contribution in [-0.2, 0) is 12.8 Å². The second kappa shape index (κ2) is 8.80. The molecular weight excluding hydrogens is 314 g/mol. The maximum Gasteiger partial charge on any atom is 0.132 e. The molecule has 0 atom stereocenters. The van der Waals surface area contributed by atoms with Crippen LogP contribution in [0.3, 0.4) is 0 Å². The highest BCUT2D eigenvalue weighted by Crippen LogP contribution is 2.16. The van der Waals surface area contributed by atoms with Gasteiger partial charge in [0.25, 0.3) is 0 Å². The second-order valence-corrected chi connectivity index (χ2v) is 5.51. The summed E-state index contributed by atoms with van der Waals surface area (Å²) in [4.78, 5) is 9.06. The van der Waals surface area contributed by atoms with Gasteiger partial charge in [0.15, 0.2) is 0 Å². The number of nitrogens with zero attached hydrogens (tertiary/aromatic N) is 2. The third kappa shape index (κ3) is 5.02. The van der Waals surface area contributed by atoms with Gasteiger partial charge in [-0.1, -0.05) is 24.3 Å². The molecule has 0 amide bonds. The minimum atomic E-state index is 0. The fourth-order valence-corrected chi connectivity index (χ4v) is 2.50. The molecule has 5 nitrogen and oxygen atoms in total. The highest BCUT2D eigenvalue weighted by molar-refractivity contribution is 5.31. The summed E-state index contributed by atoms with van der Waals surface area (Å²) in [5.41, 5.74) is 3.38. The predicted molar refractivity (Wildman–Crippen MR) is 98.7 cm³/mol. The summed E-state index contributed by atoms with van der Waals surface area (Å²) in [6.07, 6.45) is 3.31. The molecule has 3 N–H and O–H groups in total. The van der Waals surface area contributed by atoms with Crippen molar-refractivity contribution in [2.24, 2.45) is 0 Å². The molecule has 5 heteroatoms. The van der Waals surface area contributed by atoms with E-state index in [0.717, 1.165) is 35.0 Å². The number of hydrogen-bond donors (Lipinski definition) is 1. The van der Waals surface area contributed by atoms with E-state index in [0.29, 0.717) is 6.42 Å². The van der Waals surface area contributed by atoms with Crippen LogP contribution >= 0.6 is 0 Å². The van der Waals surface area contributed by atoms with Crippen molar-refractivity contribution in [2.45, 2.75) is 12.8 Å². The van der Waals surface area contributed by atoms with Crippen LogP contribution < -0.4 is 15.6 Å². The van der Waals surface area contributed by atoms with Gasteiger partial charge in [-0.15, -0.1) is 0 Å². The molecule has 2 aromatic carbocycles. The number of ether oxygens (including phenoxy) is 2. The minimum Gasteiger partial charge on any atom is -0.497 e. The minimum absolute atomic E-state index is 0. The quantitative estimate of drug-likeness (QED) is 0.739. The van der Waals surface area contributed by atoms with Crippen molar-refractivity contribution in [2.75, 3.05) is 14.2 Å². The first kappa shape index (κ1) is 18.4. The molecule has 1 aromatic heterocycles. The van der Waals surface area contributed by atoms with E-state index in [1.54, 1.807) is 14.2 Å². The average Bonchev–Trinajstić information content (AvgIpc) is 2.63. The van der Waals surface area contributed by atoms with Gasteiger partial charge >= 0.3 is 0 Å². The van der Waals surface area contributed by atoms with Gasteiger partial charge in [-0.05, 0) is 41.5 Å². The van der Waals surface area contributed by atoms with Gasteiger partial charge in [0.2, 0.25) is 0 Å². The van der Waals surface area contributed by atoms with Crippen LogP contribution in [0, 0.1) is 0 Å². The Morgan fingerprint density at radius 3 is 1.76 bits per heavy atom. The zero-order chi connectivity index (χ0) is 16.8. The van der Waals surface area contributed by atoms with Crippen LogP contribution in [0.1, 0.15) is 22.6 Å².